The van der Waals surface area contributed by atoms with Gasteiger partial charge >= 0.3 is 5.69 Å². The summed E-state index contributed by atoms with van der Waals surface area (Å²) in [4.78, 5) is 27.5. The molecule has 144 valence electrons. The lowest BCUT2D eigenvalue weighted by Crippen LogP contribution is -2.43. The van der Waals surface area contributed by atoms with Gasteiger partial charge in [0.15, 0.2) is 5.65 Å². The van der Waals surface area contributed by atoms with Crippen LogP contribution < -0.4 is 5.69 Å². The highest BCUT2D eigenvalue weighted by Gasteiger charge is 2.31. The van der Waals surface area contributed by atoms with Crippen molar-refractivity contribution in [2.24, 2.45) is 13.0 Å². The van der Waals surface area contributed by atoms with Crippen LogP contribution in [0.3, 0.4) is 0 Å². The number of nitrogens with one attached hydrogen (secondary N) is 1. The molecule has 1 fully saturated rings. The van der Waals surface area contributed by atoms with E-state index in [4.69, 9.17) is 0 Å². The van der Waals surface area contributed by atoms with Gasteiger partial charge in [-0.05, 0) is 24.4 Å². The van der Waals surface area contributed by atoms with Crippen molar-refractivity contribution in [2.45, 2.75) is 25.9 Å². The molecule has 0 bridgehead atoms. The van der Waals surface area contributed by atoms with Crippen LogP contribution in [0.5, 0.6) is 0 Å². The van der Waals surface area contributed by atoms with Gasteiger partial charge in [0, 0.05) is 20.1 Å². The first-order valence-corrected chi connectivity index (χ1v) is 9.79. The summed E-state index contributed by atoms with van der Waals surface area (Å²) in [5.74, 6) is 0.418. The van der Waals surface area contributed by atoms with Crippen molar-refractivity contribution in [2.75, 3.05) is 13.1 Å². The molecular formula is C21H24N6O. The molecule has 28 heavy (non-hydrogen) atoms. The number of hydrogen-bond acceptors (Lipinski definition) is 4. The van der Waals surface area contributed by atoms with Crippen LogP contribution in [0.1, 0.15) is 24.9 Å². The van der Waals surface area contributed by atoms with E-state index in [0.717, 1.165) is 42.6 Å². The van der Waals surface area contributed by atoms with Gasteiger partial charge in [-0.2, -0.15) is 0 Å². The van der Waals surface area contributed by atoms with Gasteiger partial charge in [-0.15, -0.1) is 0 Å². The van der Waals surface area contributed by atoms with Crippen LogP contribution in [0.15, 0.2) is 47.7 Å². The monoisotopic (exact) mass is 376 g/mol. The zero-order valence-corrected chi connectivity index (χ0v) is 16.2. The van der Waals surface area contributed by atoms with E-state index < -0.39 is 0 Å². The normalized spacial score (nSPS) is 20.9. The van der Waals surface area contributed by atoms with Gasteiger partial charge in [0.25, 0.3) is 0 Å². The van der Waals surface area contributed by atoms with Crippen LogP contribution in [-0.2, 0) is 13.6 Å². The number of aromatic amines is 1. The van der Waals surface area contributed by atoms with Crippen LogP contribution >= 0.6 is 0 Å². The van der Waals surface area contributed by atoms with E-state index in [1.54, 1.807) is 17.1 Å². The average molecular weight is 376 g/mol. The fourth-order valence-corrected chi connectivity index (χ4v) is 4.46. The molecule has 0 unspecified atom stereocenters. The number of rotatable bonds is 3. The fraction of sp³-hybridized carbons (Fsp3) is 0.381. The van der Waals surface area contributed by atoms with Crippen LogP contribution in [0, 0.1) is 5.92 Å². The van der Waals surface area contributed by atoms with Gasteiger partial charge in [-0.3, -0.25) is 14.0 Å². The Morgan fingerprint density at radius 2 is 2.04 bits per heavy atom. The first-order valence-electron chi connectivity index (χ1n) is 9.79. The van der Waals surface area contributed by atoms with Crippen LogP contribution in [-0.4, -0.2) is 42.1 Å². The Bertz CT molecular complexity index is 1190. The predicted molar refractivity (Wildman–Crippen MR) is 109 cm³/mol. The Kier molecular flexibility index (Phi) is 4.05. The minimum Gasteiger partial charge on any atom is -0.341 e. The third-order valence-electron chi connectivity index (χ3n) is 6.09. The number of nitrogens with zero attached hydrogens (tertiary/aromatic N) is 5. The molecule has 1 aliphatic rings. The zero-order valence-electron chi connectivity index (χ0n) is 16.2. The van der Waals surface area contributed by atoms with Crippen molar-refractivity contribution < 1.29 is 0 Å². The summed E-state index contributed by atoms with van der Waals surface area (Å²) in [7, 11) is 1.82. The molecule has 1 saturated heterocycles. The maximum atomic E-state index is 13.2. The molecule has 0 amide bonds. The first kappa shape index (κ1) is 17.2. The molecule has 5 rings (SSSR count). The molecule has 4 aromatic rings. The number of hydrogen-bond donors (Lipinski definition) is 1. The Labute approximate surface area is 162 Å². The van der Waals surface area contributed by atoms with E-state index in [9.17, 15) is 4.79 Å². The van der Waals surface area contributed by atoms with Gasteiger partial charge < -0.3 is 4.98 Å². The number of pyridine rings is 1. The summed E-state index contributed by atoms with van der Waals surface area (Å²) in [6.45, 7) is 5.06. The summed E-state index contributed by atoms with van der Waals surface area (Å²) in [5, 5.41) is 0. The van der Waals surface area contributed by atoms with E-state index in [-0.39, 0.29) is 11.7 Å². The van der Waals surface area contributed by atoms with Crippen molar-refractivity contribution in [3.05, 3.63) is 58.9 Å². The van der Waals surface area contributed by atoms with Gasteiger partial charge in [-0.1, -0.05) is 37.3 Å². The van der Waals surface area contributed by atoms with E-state index in [1.165, 1.54) is 5.56 Å². The Hall–Kier alpha value is -2.93. The minimum atomic E-state index is 0.0114. The number of aryl methyl sites for hydroxylation is 1. The second-order valence-corrected chi connectivity index (χ2v) is 7.86. The quantitative estimate of drug-likeness (QED) is 0.597. The van der Waals surface area contributed by atoms with E-state index in [2.05, 4.69) is 51.0 Å². The van der Waals surface area contributed by atoms with Gasteiger partial charge in [-0.25, -0.2) is 14.8 Å². The zero-order chi connectivity index (χ0) is 19.3. The second kappa shape index (κ2) is 6.60. The topological polar surface area (TPSA) is 71.7 Å². The lowest BCUT2D eigenvalue weighted by atomic mass is 9.92. The van der Waals surface area contributed by atoms with E-state index >= 15 is 0 Å². The van der Waals surface area contributed by atoms with Crippen LogP contribution in [0.2, 0.25) is 0 Å². The summed E-state index contributed by atoms with van der Waals surface area (Å²) in [6.07, 6.45) is 4.47. The largest absolute Gasteiger partial charge is 0.341 e. The summed E-state index contributed by atoms with van der Waals surface area (Å²) in [5.41, 5.74) is 4.56. The molecule has 0 aliphatic carbocycles. The van der Waals surface area contributed by atoms with E-state index in [0.29, 0.717) is 11.6 Å². The Morgan fingerprint density at radius 1 is 1.21 bits per heavy atom. The molecule has 1 aliphatic heterocycles. The maximum Gasteiger partial charge on any atom is 0.329 e. The van der Waals surface area contributed by atoms with Crippen molar-refractivity contribution in [1.82, 2.24) is 29.0 Å². The summed E-state index contributed by atoms with van der Waals surface area (Å²) >= 11 is 0. The van der Waals surface area contributed by atoms with Gasteiger partial charge in [0.05, 0.1) is 29.6 Å². The second-order valence-electron chi connectivity index (χ2n) is 7.86. The van der Waals surface area contributed by atoms with Crippen molar-refractivity contribution in [3.63, 3.8) is 0 Å². The molecule has 0 saturated carbocycles. The summed E-state index contributed by atoms with van der Waals surface area (Å²) < 4.78 is 3.67. The van der Waals surface area contributed by atoms with Crippen molar-refractivity contribution in [3.8, 4) is 0 Å². The molecule has 7 heteroatoms. The standard InChI is InChI=1S/C21H24N6O/c1-14-8-9-26(11-15-6-4-3-5-7-15)12-17(14)27-19-16(25(2)21(27)28)10-22-20-18(19)23-13-24-20/h3-7,10,13-14,17H,8-9,11-12H2,1-2H3,(H,22,23,24)/t14-,17+/m0/s1. The van der Waals surface area contributed by atoms with Gasteiger partial charge in [0.2, 0.25) is 0 Å². The number of piperidine rings is 1. The highest BCUT2D eigenvalue weighted by atomic mass is 16.1. The number of fused-ring (bicyclic) bond motifs is 3. The number of imidazole rings is 2. The lowest BCUT2D eigenvalue weighted by molar-refractivity contribution is 0.126. The molecule has 1 N–H and O–H groups in total. The number of likely N-dealkylation sites (tertiary alicyclic amines) is 1. The lowest BCUT2D eigenvalue weighted by Gasteiger charge is -2.37. The van der Waals surface area contributed by atoms with E-state index in [1.807, 2.05) is 17.7 Å². The number of benzene rings is 1. The van der Waals surface area contributed by atoms with Crippen molar-refractivity contribution >= 4 is 22.2 Å². The molecule has 7 nitrogen and oxygen atoms in total. The fourth-order valence-electron chi connectivity index (χ4n) is 4.46. The molecule has 2 atom stereocenters. The number of aromatic nitrogens is 5. The molecule has 0 spiro atoms. The highest BCUT2D eigenvalue weighted by Crippen LogP contribution is 2.31. The van der Waals surface area contributed by atoms with Crippen LogP contribution in [0.4, 0.5) is 0 Å². The molecular weight excluding hydrogens is 352 g/mol. The van der Waals surface area contributed by atoms with Crippen LogP contribution in [0.25, 0.3) is 22.2 Å². The highest BCUT2D eigenvalue weighted by molar-refractivity contribution is 5.98. The molecule has 3 aromatic heterocycles. The summed E-state index contributed by atoms with van der Waals surface area (Å²) in [6, 6.07) is 10.6. The SMILES string of the molecule is C[C@H]1CCN(Cc2ccccc2)C[C@H]1n1c(=O)n(C)c2cnc3nc[nH]c3c21. The first-order chi connectivity index (χ1) is 13.6. The third-order valence-corrected chi connectivity index (χ3v) is 6.09. The smallest absolute Gasteiger partial charge is 0.329 e. The molecule has 0 radical (unpaired) electrons. The third kappa shape index (κ3) is 2.65. The van der Waals surface area contributed by atoms with Crippen molar-refractivity contribution in [1.29, 1.82) is 0 Å². The molecule has 1 aromatic carbocycles. The maximum absolute atomic E-state index is 13.2. The average Bonchev–Trinajstić information content (AvgIpc) is 3.28. The number of H-pyrrole nitrogens is 1. The minimum absolute atomic E-state index is 0.0114. The Morgan fingerprint density at radius 3 is 2.86 bits per heavy atom. The predicted octanol–water partition coefficient (Wildman–Crippen LogP) is 2.69. The molecule has 4 heterocycles. The Balaban J connectivity index is 1.59. The van der Waals surface area contributed by atoms with Gasteiger partial charge in [0.1, 0.15) is 5.52 Å².